The molecule has 0 bridgehead atoms. The maximum Gasteiger partial charge on any atom is 0.141 e. The maximum absolute atomic E-state index is 10.8. The Kier molecular flexibility index (Phi) is 3.66. The summed E-state index contributed by atoms with van der Waals surface area (Å²) in [6.45, 7) is 2.00. The van der Waals surface area contributed by atoms with Crippen LogP contribution >= 0.6 is 11.3 Å². The average molecular weight is 246 g/mol. The monoisotopic (exact) mass is 246 g/mol. The molecule has 1 heterocycles. The highest BCUT2D eigenvalue weighted by molar-refractivity contribution is 7.13. The van der Waals surface area contributed by atoms with Crippen molar-refractivity contribution in [2.75, 3.05) is 7.05 Å². The fourth-order valence-corrected chi connectivity index (χ4v) is 2.55. The van der Waals surface area contributed by atoms with Gasteiger partial charge in [-0.3, -0.25) is 0 Å². The van der Waals surface area contributed by atoms with E-state index in [1.54, 1.807) is 18.4 Å². The summed E-state index contributed by atoms with van der Waals surface area (Å²) in [5.74, 6) is 0. The Morgan fingerprint density at radius 3 is 2.53 bits per heavy atom. The largest absolute Gasteiger partial charge is 0.307 e. The lowest BCUT2D eigenvalue weighted by Crippen LogP contribution is -2.17. The molecule has 0 aliphatic carbocycles. The highest BCUT2D eigenvalue weighted by Gasteiger charge is 2.09. The number of carbonyl (C=O) groups excluding carboxylic acids is 1. The average Bonchev–Trinajstić information content (AvgIpc) is 2.78. The van der Waals surface area contributed by atoms with E-state index in [2.05, 4.69) is 10.3 Å². The second kappa shape index (κ2) is 5.21. The fourth-order valence-electron chi connectivity index (χ4n) is 1.73. The van der Waals surface area contributed by atoms with Gasteiger partial charge in [0.2, 0.25) is 0 Å². The lowest BCUT2D eigenvalue weighted by molar-refractivity contribution is -0.109. The molecule has 2 aromatic rings. The molecule has 1 aromatic carbocycles. The minimum absolute atomic E-state index is 0.230. The van der Waals surface area contributed by atoms with Crippen LogP contribution in [-0.4, -0.2) is 18.3 Å². The molecule has 0 spiro atoms. The van der Waals surface area contributed by atoms with Gasteiger partial charge in [0, 0.05) is 0 Å². The fraction of sp³-hybridized carbons (Fsp3) is 0.231. The molecule has 17 heavy (non-hydrogen) atoms. The van der Waals surface area contributed by atoms with E-state index in [1.165, 1.54) is 4.88 Å². The number of nitrogens with one attached hydrogen (secondary N) is 1. The van der Waals surface area contributed by atoms with Gasteiger partial charge in [-0.1, -0.05) is 24.3 Å². The third-order valence-corrected chi connectivity index (χ3v) is 3.70. The van der Waals surface area contributed by atoms with Gasteiger partial charge in [-0.15, -0.1) is 11.3 Å². The van der Waals surface area contributed by atoms with Gasteiger partial charge < -0.3 is 10.1 Å². The van der Waals surface area contributed by atoms with E-state index in [0.29, 0.717) is 0 Å². The van der Waals surface area contributed by atoms with E-state index in [1.807, 2.05) is 36.7 Å². The number of hydrogen-bond acceptors (Lipinski definition) is 4. The van der Waals surface area contributed by atoms with Gasteiger partial charge >= 0.3 is 0 Å². The van der Waals surface area contributed by atoms with Gasteiger partial charge in [-0.25, -0.2) is 4.98 Å². The molecule has 0 fully saturated rings. The van der Waals surface area contributed by atoms with Crippen molar-refractivity contribution in [1.29, 1.82) is 0 Å². The van der Waals surface area contributed by atoms with Crippen LogP contribution in [0.5, 0.6) is 0 Å². The summed E-state index contributed by atoms with van der Waals surface area (Å²) in [7, 11) is 1.78. The molecule has 0 saturated heterocycles. The number of benzene rings is 1. The first-order chi connectivity index (χ1) is 8.26. The van der Waals surface area contributed by atoms with Gasteiger partial charge in [0.15, 0.2) is 0 Å². The van der Waals surface area contributed by atoms with Crippen LogP contribution in [0.3, 0.4) is 0 Å². The third-order valence-electron chi connectivity index (χ3n) is 2.72. The summed E-state index contributed by atoms with van der Waals surface area (Å²) < 4.78 is 0. The molecule has 1 aromatic heterocycles. The summed E-state index contributed by atoms with van der Waals surface area (Å²) in [5, 5.41) is 2.96. The molecule has 88 valence electrons. The number of hydrogen-bond donors (Lipinski definition) is 1. The van der Waals surface area contributed by atoms with E-state index >= 15 is 0 Å². The van der Waals surface area contributed by atoms with E-state index in [0.717, 1.165) is 23.1 Å². The van der Waals surface area contributed by atoms with Gasteiger partial charge in [0.1, 0.15) is 6.29 Å². The molecule has 0 aliphatic rings. The molecule has 3 nitrogen and oxygen atoms in total. The first kappa shape index (κ1) is 12.0. The van der Waals surface area contributed by atoms with Crippen LogP contribution in [0.2, 0.25) is 0 Å². The molecule has 0 amide bonds. The Hall–Kier alpha value is -1.52. The van der Waals surface area contributed by atoms with Crippen molar-refractivity contribution >= 4 is 17.6 Å². The Bertz CT molecular complexity index is 504. The predicted octanol–water partition coefficient (Wildman–Crippen LogP) is 2.58. The quantitative estimate of drug-likeness (QED) is 0.843. The molecule has 4 heteroatoms. The maximum atomic E-state index is 10.8. The minimum Gasteiger partial charge on any atom is -0.307 e. The molecule has 1 atom stereocenters. The van der Waals surface area contributed by atoms with Crippen molar-refractivity contribution in [1.82, 2.24) is 10.3 Å². The summed E-state index contributed by atoms with van der Waals surface area (Å²) >= 11 is 1.63. The van der Waals surface area contributed by atoms with Crippen LogP contribution in [0.1, 0.15) is 17.3 Å². The normalized spacial score (nSPS) is 12.4. The molecular weight excluding hydrogens is 232 g/mol. The van der Waals surface area contributed by atoms with E-state index in [-0.39, 0.29) is 6.04 Å². The first-order valence-corrected chi connectivity index (χ1v) is 6.27. The van der Waals surface area contributed by atoms with E-state index in [4.69, 9.17) is 0 Å². The Balaban J connectivity index is 2.30. The first-order valence-electron chi connectivity index (χ1n) is 5.39. The van der Waals surface area contributed by atoms with E-state index < -0.39 is 0 Å². The van der Waals surface area contributed by atoms with Crippen molar-refractivity contribution in [3.63, 3.8) is 0 Å². The van der Waals surface area contributed by atoms with Gasteiger partial charge in [0.05, 0.1) is 22.1 Å². The summed E-state index contributed by atoms with van der Waals surface area (Å²) in [6.07, 6.45) is 0.910. The highest BCUT2D eigenvalue weighted by Crippen LogP contribution is 2.27. The van der Waals surface area contributed by atoms with Gasteiger partial charge in [-0.05, 0) is 25.1 Å². The molecule has 0 radical (unpaired) electrons. The molecule has 0 saturated carbocycles. The zero-order valence-electron chi connectivity index (χ0n) is 9.81. The van der Waals surface area contributed by atoms with E-state index in [9.17, 15) is 4.79 Å². The number of thiazole rings is 1. The second-order valence-electron chi connectivity index (χ2n) is 3.79. The number of rotatable bonds is 4. The number of aromatic nitrogens is 1. The summed E-state index contributed by atoms with van der Waals surface area (Å²) in [5.41, 5.74) is 5.02. The lowest BCUT2D eigenvalue weighted by atomic mass is 10.0. The number of likely N-dealkylation sites (N-methyl/N-ethyl adjacent to an activating group) is 1. The molecular formula is C13H14N2OS. The Morgan fingerprint density at radius 1 is 1.35 bits per heavy atom. The van der Waals surface area contributed by atoms with Crippen LogP contribution in [0, 0.1) is 6.92 Å². The van der Waals surface area contributed by atoms with Gasteiger partial charge in [-0.2, -0.15) is 0 Å². The zero-order chi connectivity index (χ0) is 12.3. The van der Waals surface area contributed by atoms with Crippen molar-refractivity contribution in [2.24, 2.45) is 0 Å². The second-order valence-corrected chi connectivity index (χ2v) is 4.65. The Labute approximate surface area is 105 Å². The number of carbonyl (C=O) groups is 1. The van der Waals surface area contributed by atoms with Crippen LogP contribution in [0.4, 0.5) is 0 Å². The van der Waals surface area contributed by atoms with Crippen molar-refractivity contribution in [3.8, 4) is 10.4 Å². The predicted molar refractivity (Wildman–Crippen MR) is 70.2 cm³/mol. The molecule has 0 unspecified atom stereocenters. The smallest absolute Gasteiger partial charge is 0.141 e. The molecule has 1 N–H and O–H groups in total. The minimum atomic E-state index is -0.230. The molecule has 0 aliphatic heterocycles. The molecule has 2 rings (SSSR count). The van der Waals surface area contributed by atoms with Crippen molar-refractivity contribution in [3.05, 3.63) is 41.0 Å². The number of aldehydes is 1. The number of aryl methyl sites for hydroxylation is 1. The Morgan fingerprint density at radius 2 is 2.06 bits per heavy atom. The van der Waals surface area contributed by atoms with Crippen molar-refractivity contribution < 1.29 is 4.79 Å². The lowest BCUT2D eigenvalue weighted by Gasteiger charge is -2.09. The zero-order valence-corrected chi connectivity index (χ0v) is 10.6. The third kappa shape index (κ3) is 2.43. The number of nitrogens with zero attached hydrogens (tertiary/aromatic N) is 1. The van der Waals surface area contributed by atoms with Crippen LogP contribution in [-0.2, 0) is 4.79 Å². The van der Waals surface area contributed by atoms with Crippen LogP contribution in [0.25, 0.3) is 10.4 Å². The summed E-state index contributed by atoms with van der Waals surface area (Å²) in [4.78, 5) is 16.3. The summed E-state index contributed by atoms with van der Waals surface area (Å²) in [6, 6.07) is 7.79. The SMILES string of the molecule is CN[C@H](C=O)c1ccc(-c2scnc2C)cc1. The van der Waals surface area contributed by atoms with Crippen molar-refractivity contribution in [2.45, 2.75) is 13.0 Å². The van der Waals surface area contributed by atoms with Crippen LogP contribution in [0.15, 0.2) is 29.8 Å². The topological polar surface area (TPSA) is 42.0 Å². The van der Waals surface area contributed by atoms with Gasteiger partial charge in [0.25, 0.3) is 0 Å². The van der Waals surface area contributed by atoms with Crippen LogP contribution < -0.4 is 5.32 Å². The standard InChI is InChI=1S/C13H14N2OS/c1-9-13(17-8-15-9)11-5-3-10(4-6-11)12(7-16)14-2/h3-8,12,14H,1-2H3/t12-/m1/s1. The highest BCUT2D eigenvalue weighted by atomic mass is 32.1.